The van der Waals surface area contributed by atoms with Gasteiger partial charge < -0.3 is 9.57 Å². The van der Waals surface area contributed by atoms with E-state index in [2.05, 4.69) is 5.48 Å². The lowest BCUT2D eigenvalue weighted by Gasteiger charge is -2.26. The average Bonchev–Trinajstić information content (AvgIpc) is 2.17. The largest absolute Gasteiger partial charge is 0.493 e. The van der Waals surface area contributed by atoms with Gasteiger partial charge in [-0.2, -0.15) is 5.48 Å². The second-order valence-corrected chi connectivity index (χ2v) is 4.15. The van der Waals surface area contributed by atoms with E-state index in [0.717, 1.165) is 17.7 Å². The lowest BCUT2D eigenvalue weighted by molar-refractivity contribution is 0.0463. The molecule has 1 aromatic carbocycles. The Labute approximate surface area is 98.2 Å². The maximum Gasteiger partial charge on any atom is 0.127 e. The molecule has 0 spiro atoms. The number of nitrogens with one attached hydrogen (secondary N) is 1. The summed E-state index contributed by atoms with van der Waals surface area (Å²) in [5, 5.41) is 1.18. The Balaban J connectivity index is 2.41. The van der Waals surface area contributed by atoms with Crippen molar-refractivity contribution >= 4 is 23.2 Å². The van der Waals surface area contributed by atoms with E-state index in [-0.39, 0.29) is 6.04 Å². The summed E-state index contributed by atoms with van der Waals surface area (Å²) in [5.74, 6) is 0.730. The molecule has 2 rings (SSSR count). The Hall–Kier alpha value is -0.480. The molecule has 1 N–H and O–H groups in total. The molecule has 0 aliphatic carbocycles. The normalized spacial score (nSPS) is 19.5. The van der Waals surface area contributed by atoms with Gasteiger partial charge in [-0.1, -0.05) is 23.2 Å². The number of benzene rings is 1. The van der Waals surface area contributed by atoms with Gasteiger partial charge in [0.25, 0.3) is 0 Å². The van der Waals surface area contributed by atoms with Crippen LogP contribution in [0.1, 0.15) is 18.0 Å². The number of rotatable bonds is 2. The van der Waals surface area contributed by atoms with Gasteiger partial charge in [0.15, 0.2) is 0 Å². The van der Waals surface area contributed by atoms with Gasteiger partial charge in [0.05, 0.1) is 24.8 Å². The zero-order valence-electron chi connectivity index (χ0n) is 8.22. The highest BCUT2D eigenvalue weighted by Crippen LogP contribution is 2.39. The SMILES string of the molecule is CONC1CCOc2cc(Cl)cc(Cl)c21. The number of hydroxylamine groups is 1. The molecule has 1 unspecified atom stereocenters. The summed E-state index contributed by atoms with van der Waals surface area (Å²) in [6.45, 7) is 0.630. The van der Waals surface area contributed by atoms with Crippen molar-refractivity contribution in [3.05, 3.63) is 27.7 Å². The van der Waals surface area contributed by atoms with Crippen LogP contribution in [-0.4, -0.2) is 13.7 Å². The van der Waals surface area contributed by atoms with Gasteiger partial charge in [-0.05, 0) is 12.1 Å². The highest BCUT2D eigenvalue weighted by atomic mass is 35.5. The van der Waals surface area contributed by atoms with Crippen molar-refractivity contribution in [2.45, 2.75) is 12.5 Å². The lowest BCUT2D eigenvalue weighted by Crippen LogP contribution is -2.26. The van der Waals surface area contributed by atoms with Gasteiger partial charge in [-0.15, -0.1) is 0 Å². The molecular weight excluding hydrogens is 237 g/mol. The second kappa shape index (κ2) is 4.58. The van der Waals surface area contributed by atoms with Crippen molar-refractivity contribution in [2.75, 3.05) is 13.7 Å². The van der Waals surface area contributed by atoms with E-state index in [1.54, 1.807) is 19.2 Å². The first kappa shape index (κ1) is 11.0. The summed E-state index contributed by atoms with van der Waals surface area (Å²) in [4.78, 5) is 4.93. The summed E-state index contributed by atoms with van der Waals surface area (Å²) < 4.78 is 5.50. The fraction of sp³-hybridized carbons (Fsp3) is 0.400. The predicted molar refractivity (Wildman–Crippen MR) is 59.5 cm³/mol. The number of fused-ring (bicyclic) bond motifs is 1. The van der Waals surface area contributed by atoms with Gasteiger partial charge >= 0.3 is 0 Å². The maximum absolute atomic E-state index is 6.12. The standard InChI is InChI=1S/C10H11Cl2NO2/c1-14-13-8-2-3-15-9-5-6(11)4-7(12)10(8)9/h4-5,8,13H,2-3H2,1H3. The molecule has 0 aromatic heterocycles. The topological polar surface area (TPSA) is 30.5 Å². The molecule has 1 aromatic rings. The highest BCUT2D eigenvalue weighted by Gasteiger charge is 2.24. The van der Waals surface area contributed by atoms with Crippen LogP contribution in [0.4, 0.5) is 0 Å². The molecule has 1 aliphatic rings. The summed E-state index contributed by atoms with van der Waals surface area (Å²) in [6.07, 6.45) is 0.822. The van der Waals surface area contributed by atoms with Crippen LogP contribution >= 0.6 is 23.2 Å². The highest BCUT2D eigenvalue weighted by molar-refractivity contribution is 6.35. The molecule has 0 saturated heterocycles. The molecule has 0 fully saturated rings. The molecular formula is C10H11Cl2NO2. The van der Waals surface area contributed by atoms with Crippen molar-refractivity contribution in [3.63, 3.8) is 0 Å². The Bertz CT molecular complexity index is 371. The third kappa shape index (κ3) is 2.21. The van der Waals surface area contributed by atoms with Crippen molar-refractivity contribution in [3.8, 4) is 5.75 Å². The molecule has 15 heavy (non-hydrogen) atoms. The molecule has 0 amide bonds. The van der Waals surface area contributed by atoms with E-state index >= 15 is 0 Å². The first-order chi connectivity index (χ1) is 7.22. The monoisotopic (exact) mass is 247 g/mol. The van der Waals surface area contributed by atoms with Crippen molar-refractivity contribution in [1.82, 2.24) is 5.48 Å². The van der Waals surface area contributed by atoms with E-state index in [1.807, 2.05) is 0 Å². The van der Waals surface area contributed by atoms with E-state index in [4.69, 9.17) is 32.8 Å². The molecule has 1 heterocycles. The average molecular weight is 248 g/mol. The molecule has 0 radical (unpaired) electrons. The zero-order valence-corrected chi connectivity index (χ0v) is 9.73. The van der Waals surface area contributed by atoms with E-state index in [0.29, 0.717) is 16.7 Å². The Kier molecular flexibility index (Phi) is 3.36. The molecule has 82 valence electrons. The molecule has 1 aliphatic heterocycles. The fourth-order valence-corrected chi connectivity index (χ4v) is 2.32. The van der Waals surface area contributed by atoms with Crippen molar-refractivity contribution < 1.29 is 9.57 Å². The molecule has 1 atom stereocenters. The van der Waals surface area contributed by atoms with Crippen LogP contribution in [0.15, 0.2) is 12.1 Å². The molecule has 0 bridgehead atoms. The second-order valence-electron chi connectivity index (χ2n) is 3.31. The Morgan fingerprint density at radius 3 is 3.00 bits per heavy atom. The third-order valence-corrected chi connectivity index (χ3v) is 2.86. The number of hydrogen-bond acceptors (Lipinski definition) is 3. The quantitative estimate of drug-likeness (QED) is 0.816. The van der Waals surface area contributed by atoms with Gasteiger partial charge in [0, 0.05) is 17.0 Å². The summed E-state index contributed by atoms with van der Waals surface area (Å²) >= 11 is 12.0. The first-order valence-corrected chi connectivity index (χ1v) is 5.38. The summed E-state index contributed by atoms with van der Waals surface area (Å²) in [7, 11) is 1.58. The van der Waals surface area contributed by atoms with Crippen LogP contribution in [-0.2, 0) is 4.84 Å². The van der Waals surface area contributed by atoms with Gasteiger partial charge in [-0.25, -0.2) is 0 Å². The first-order valence-electron chi connectivity index (χ1n) is 4.62. The van der Waals surface area contributed by atoms with E-state index in [9.17, 15) is 0 Å². The smallest absolute Gasteiger partial charge is 0.127 e. The van der Waals surface area contributed by atoms with Crippen LogP contribution in [0, 0.1) is 0 Å². The van der Waals surface area contributed by atoms with E-state index < -0.39 is 0 Å². The molecule has 3 nitrogen and oxygen atoms in total. The van der Waals surface area contributed by atoms with Crippen molar-refractivity contribution in [2.24, 2.45) is 0 Å². The van der Waals surface area contributed by atoms with Crippen LogP contribution in [0.2, 0.25) is 10.0 Å². The summed E-state index contributed by atoms with van der Waals surface area (Å²) in [6, 6.07) is 3.54. The predicted octanol–water partition coefficient (Wildman–Crippen LogP) is 2.97. The number of halogens is 2. The minimum Gasteiger partial charge on any atom is -0.493 e. The minimum absolute atomic E-state index is 0.0588. The van der Waals surface area contributed by atoms with Gasteiger partial charge in [0.1, 0.15) is 5.75 Å². The number of hydrogen-bond donors (Lipinski definition) is 1. The Morgan fingerprint density at radius 1 is 1.47 bits per heavy atom. The van der Waals surface area contributed by atoms with E-state index in [1.165, 1.54) is 0 Å². The molecule has 0 saturated carbocycles. The number of ether oxygens (including phenoxy) is 1. The third-order valence-electron chi connectivity index (χ3n) is 2.33. The van der Waals surface area contributed by atoms with Crippen LogP contribution in [0.25, 0.3) is 0 Å². The lowest BCUT2D eigenvalue weighted by atomic mass is 10.0. The molecule has 5 heteroatoms. The van der Waals surface area contributed by atoms with Crippen LogP contribution in [0.5, 0.6) is 5.75 Å². The van der Waals surface area contributed by atoms with Gasteiger partial charge in [0.2, 0.25) is 0 Å². The fourth-order valence-electron chi connectivity index (χ4n) is 1.71. The summed E-state index contributed by atoms with van der Waals surface area (Å²) in [5.41, 5.74) is 3.80. The maximum atomic E-state index is 6.12. The van der Waals surface area contributed by atoms with Crippen molar-refractivity contribution in [1.29, 1.82) is 0 Å². The van der Waals surface area contributed by atoms with Crippen LogP contribution < -0.4 is 10.2 Å². The minimum atomic E-state index is 0.0588. The van der Waals surface area contributed by atoms with Crippen LogP contribution in [0.3, 0.4) is 0 Å². The van der Waals surface area contributed by atoms with Gasteiger partial charge in [-0.3, -0.25) is 0 Å². The Morgan fingerprint density at radius 2 is 2.27 bits per heavy atom. The zero-order chi connectivity index (χ0) is 10.8.